The molecule has 1 heterocycles. The molecule has 0 aliphatic heterocycles. The van der Waals surface area contributed by atoms with Gasteiger partial charge in [0.25, 0.3) is 0 Å². The van der Waals surface area contributed by atoms with Crippen LogP contribution >= 0.6 is 11.8 Å². The first-order chi connectivity index (χ1) is 13.1. The summed E-state index contributed by atoms with van der Waals surface area (Å²) in [6.07, 6.45) is 0.774. The second kappa shape index (κ2) is 9.04. The SMILES string of the molecule is CCc1ccc(OC(C)c2nnc(SCc3ccccc3F)n2CC)cc1. The van der Waals surface area contributed by atoms with Gasteiger partial charge >= 0.3 is 0 Å². The lowest BCUT2D eigenvalue weighted by Gasteiger charge is -2.16. The van der Waals surface area contributed by atoms with Crippen molar-refractivity contribution in [1.29, 1.82) is 0 Å². The molecule has 6 heteroatoms. The minimum absolute atomic E-state index is 0.194. The predicted octanol–water partition coefficient (Wildman–Crippen LogP) is 5.43. The van der Waals surface area contributed by atoms with E-state index in [9.17, 15) is 4.39 Å². The fourth-order valence-electron chi connectivity index (χ4n) is 2.82. The van der Waals surface area contributed by atoms with Crippen molar-refractivity contribution in [2.24, 2.45) is 0 Å². The van der Waals surface area contributed by atoms with Crippen molar-refractivity contribution < 1.29 is 9.13 Å². The Morgan fingerprint density at radius 2 is 1.81 bits per heavy atom. The molecule has 0 N–H and O–H groups in total. The highest BCUT2D eigenvalue weighted by Gasteiger charge is 2.19. The molecule has 4 nitrogen and oxygen atoms in total. The van der Waals surface area contributed by atoms with Crippen molar-refractivity contribution in [2.75, 3.05) is 0 Å². The van der Waals surface area contributed by atoms with E-state index in [1.165, 1.54) is 23.4 Å². The van der Waals surface area contributed by atoms with Crippen LogP contribution in [0.5, 0.6) is 5.75 Å². The maximum absolute atomic E-state index is 13.8. The van der Waals surface area contributed by atoms with Gasteiger partial charge in [0.1, 0.15) is 11.6 Å². The van der Waals surface area contributed by atoms with Gasteiger partial charge in [0.05, 0.1) is 0 Å². The summed E-state index contributed by atoms with van der Waals surface area (Å²) in [5.41, 5.74) is 1.94. The first-order valence-electron chi connectivity index (χ1n) is 9.17. The summed E-state index contributed by atoms with van der Waals surface area (Å²) >= 11 is 1.48. The average molecular weight is 386 g/mol. The van der Waals surface area contributed by atoms with Crippen LogP contribution in [0.2, 0.25) is 0 Å². The van der Waals surface area contributed by atoms with Gasteiger partial charge in [-0.1, -0.05) is 49.0 Å². The molecule has 0 aliphatic carbocycles. The number of aromatic nitrogens is 3. The maximum atomic E-state index is 13.8. The van der Waals surface area contributed by atoms with Crippen LogP contribution in [0.15, 0.2) is 53.7 Å². The Labute approximate surface area is 163 Å². The molecule has 0 saturated heterocycles. The van der Waals surface area contributed by atoms with E-state index in [1.807, 2.05) is 36.6 Å². The van der Waals surface area contributed by atoms with Crippen LogP contribution in [-0.4, -0.2) is 14.8 Å². The van der Waals surface area contributed by atoms with E-state index in [0.29, 0.717) is 11.3 Å². The Morgan fingerprint density at radius 1 is 1.07 bits per heavy atom. The number of thioether (sulfide) groups is 1. The third-order valence-electron chi connectivity index (χ3n) is 4.38. The van der Waals surface area contributed by atoms with Crippen LogP contribution in [0, 0.1) is 5.82 Å². The molecule has 0 spiro atoms. The van der Waals surface area contributed by atoms with Crippen molar-refractivity contribution in [2.45, 2.75) is 50.8 Å². The van der Waals surface area contributed by atoms with Crippen molar-refractivity contribution >= 4 is 11.8 Å². The number of hydrogen-bond acceptors (Lipinski definition) is 4. The molecule has 0 saturated carbocycles. The van der Waals surface area contributed by atoms with Gasteiger partial charge < -0.3 is 9.30 Å². The van der Waals surface area contributed by atoms with Crippen molar-refractivity contribution in [3.63, 3.8) is 0 Å². The molecule has 1 unspecified atom stereocenters. The van der Waals surface area contributed by atoms with Gasteiger partial charge in [-0.2, -0.15) is 0 Å². The number of halogens is 1. The van der Waals surface area contributed by atoms with E-state index in [-0.39, 0.29) is 11.9 Å². The molecule has 1 atom stereocenters. The van der Waals surface area contributed by atoms with E-state index in [1.54, 1.807) is 12.1 Å². The molecule has 0 amide bonds. The molecule has 2 aromatic carbocycles. The van der Waals surface area contributed by atoms with Crippen LogP contribution in [0.4, 0.5) is 4.39 Å². The molecule has 0 fully saturated rings. The summed E-state index contributed by atoms with van der Waals surface area (Å²) in [5, 5.41) is 9.39. The summed E-state index contributed by atoms with van der Waals surface area (Å²) in [5.74, 6) is 1.90. The number of rotatable bonds is 8. The van der Waals surface area contributed by atoms with E-state index < -0.39 is 0 Å². The lowest BCUT2D eigenvalue weighted by atomic mass is 10.2. The smallest absolute Gasteiger partial charge is 0.191 e. The van der Waals surface area contributed by atoms with Gasteiger partial charge in [0, 0.05) is 12.3 Å². The highest BCUT2D eigenvalue weighted by molar-refractivity contribution is 7.98. The van der Waals surface area contributed by atoms with Crippen LogP contribution in [0.1, 0.15) is 43.8 Å². The van der Waals surface area contributed by atoms with Crippen LogP contribution in [0.25, 0.3) is 0 Å². The minimum Gasteiger partial charge on any atom is -0.483 e. The van der Waals surface area contributed by atoms with Gasteiger partial charge in [-0.05, 0) is 49.6 Å². The molecular formula is C21H24FN3OS. The van der Waals surface area contributed by atoms with Crippen LogP contribution in [-0.2, 0) is 18.7 Å². The van der Waals surface area contributed by atoms with Gasteiger partial charge in [-0.3, -0.25) is 0 Å². The van der Waals surface area contributed by atoms with E-state index in [0.717, 1.165) is 29.7 Å². The quantitative estimate of drug-likeness (QED) is 0.485. The molecule has 3 aromatic rings. The molecule has 0 radical (unpaired) electrons. The fraction of sp³-hybridized carbons (Fsp3) is 0.333. The topological polar surface area (TPSA) is 39.9 Å². The van der Waals surface area contributed by atoms with Crippen LogP contribution < -0.4 is 4.74 Å². The monoisotopic (exact) mass is 385 g/mol. The highest BCUT2D eigenvalue weighted by Crippen LogP contribution is 2.27. The molecular weight excluding hydrogens is 361 g/mol. The Kier molecular flexibility index (Phi) is 6.50. The number of nitrogens with zero attached hydrogens (tertiary/aromatic N) is 3. The largest absolute Gasteiger partial charge is 0.483 e. The number of aryl methyl sites for hydroxylation is 1. The second-order valence-electron chi connectivity index (χ2n) is 6.22. The highest BCUT2D eigenvalue weighted by atomic mass is 32.2. The fourth-order valence-corrected chi connectivity index (χ4v) is 3.82. The molecule has 0 aliphatic rings. The third kappa shape index (κ3) is 4.69. The third-order valence-corrected chi connectivity index (χ3v) is 5.40. The molecule has 3 rings (SSSR count). The summed E-state index contributed by atoms with van der Waals surface area (Å²) in [4.78, 5) is 0. The van der Waals surface area contributed by atoms with Crippen molar-refractivity contribution in [3.8, 4) is 5.75 Å². The van der Waals surface area contributed by atoms with E-state index in [4.69, 9.17) is 4.74 Å². The van der Waals surface area contributed by atoms with Gasteiger partial charge in [0.2, 0.25) is 0 Å². The molecule has 0 bridgehead atoms. The maximum Gasteiger partial charge on any atom is 0.191 e. The Hall–Kier alpha value is -2.34. The van der Waals surface area contributed by atoms with Gasteiger partial charge in [-0.15, -0.1) is 10.2 Å². The number of benzene rings is 2. The Morgan fingerprint density at radius 3 is 2.48 bits per heavy atom. The van der Waals surface area contributed by atoms with Gasteiger partial charge in [0.15, 0.2) is 17.1 Å². The predicted molar refractivity (Wildman–Crippen MR) is 107 cm³/mol. The average Bonchev–Trinajstić information content (AvgIpc) is 3.11. The molecule has 1 aromatic heterocycles. The molecule has 142 valence electrons. The summed E-state index contributed by atoms with van der Waals surface area (Å²) < 4.78 is 21.9. The van der Waals surface area contributed by atoms with Crippen molar-refractivity contribution in [1.82, 2.24) is 14.8 Å². The minimum atomic E-state index is -0.229. The van der Waals surface area contributed by atoms with Crippen molar-refractivity contribution in [3.05, 3.63) is 71.3 Å². The second-order valence-corrected chi connectivity index (χ2v) is 7.17. The number of hydrogen-bond donors (Lipinski definition) is 0. The Balaban J connectivity index is 1.71. The summed E-state index contributed by atoms with van der Waals surface area (Å²) in [6.45, 7) is 6.87. The zero-order chi connectivity index (χ0) is 19.2. The van der Waals surface area contributed by atoms with Crippen LogP contribution in [0.3, 0.4) is 0 Å². The summed E-state index contributed by atoms with van der Waals surface area (Å²) in [6, 6.07) is 14.9. The zero-order valence-electron chi connectivity index (χ0n) is 15.9. The zero-order valence-corrected chi connectivity index (χ0v) is 16.7. The standard InChI is InChI=1S/C21H24FN3OS/c1-4-16-10-12-18(13-11-16)26-15(3)20-23-24-21(25(20)5-2)27-14-17-8-6-7-9-19(17)22/h6-13,15H,4-5,14H2,1-3H3. The lowest BCUT2D eigenvalue weighted by molar-refractivity contribution is 0.210. The Bertz CT molecular complexity index is 879. The van der Waals surface area contributed by atoms with E-state index in [2.05, 4.69) is 29.3 Å². The van der Waals surface area contributed by atoms with E-state index >= 15 is 0 Å². The molecule has 27 heavy (non-hydrogen) atoms. The normalized spacial score (nSPS) is 12.1. The lowest BCUT2D eigenvalue weighted by Crippen LogP contribution is -2.12. The number of ether oxygens (including phenoxy) is 1. The first-order valence-corrected chi connectivity index (χ1v) is 10.2. The summed E-state index contributed by atoms with van der Waals surface area (Å²) in [7, 11) is 0. The first kappa shape index (κ1) is 19.4. The van der Waals surface area contributed by atoms with Gasteiger partial charge in [-0.25, -0.2) is 4.39 Å².